The van der Waals surface area contributed by atoms with Gasteiger partial charge in [-0.2, -0.15) is 0 Å². The van der Waals surface area contributed by atoms with Gasteiger partial charge in [-0.15, -0.1) is 11.8 Å². The molecule has 0 aliphatic rings. The Kier molecular flexibility index (Phi) is 5.21. The Morgan fingerprint density at radius 3 is 2.42 bits per heavy atom. The largest absolute Gasteiger partial charge is 0.366 e. The van der Waals surface area contributed by atoms with Gasteiger partial charge in [0.1, 0.15) is 0 Å². The molecular formula is C9H13NOS. The van der Waals surface area contributed by atoms with Crippen LogP contribution < -0.4 is 5.73 Å². The van der Waals surface area contributed by atoms with Gasteiger partial charge in [0.05, 0.1) is 0 Å². The van der Waals surface area contributed by atoms with E-state index >= 15 is 0 Å². The van der Waals surface area contributed by atoms with E-state index in [1.807, 2.05) is 19.3 Å². The molecule has 0 unspecified atom stereocenters. The second kappa shape index (κ2) is 5.66. The molecule has 3 heteroatoms. The van der Waals surface area contributed by atoms with Gasteiger partial charge >= 0.3 is 0 Å². The smallest absolute Gasteiger partial charge is 0.248 e. The molecule has 0 aliphatic carbocycles. The summed E-state index contributed by atoms with van der Waals surface area (Å²) in [6.07, 6.45) is 6.93. The Labute approximate surface area is 77.2 Å². The molecule has 0 atom stereocenters. The van der Waals surface area contributed by atoms with Gasteiger partial charge in [-0.3, -0.25) is 4.79 Å². The van der Waals surface area contributed by atoms with E-state index in [-0.39, 0.29) is 0 Å². The highest BCUT2D eigenvalue weighted by Crippen LogP contribution is 2.10. The Balaban J connectivity index is 4.51. The van der Waals surface area contributed by atoms with Gasteiger partial charge in [-0.1, -0.05) is 18.7 Å². The molecule has 2 N–H and O–H groups in total. The lowest BCUT2D eigenvalue weighted by Gasteiger charge is -1.93. The summed E-state index contributed by atoms with van der Waals surface area (Å²) in [7, 11) is 0. The summed E-state index contributed by atoms with van der Waals surface area (Å²) >= 11 is 1.62. The molecule has 0 bridgehead atoms. The minimum absolute atomic E-state index is 0.434. The van der Waals surface area contributed by atoms with Gasteiger partial charge in [-0.25, -0.2) is 0 Å². The molecule has 12 heavy (non-hydrogen) atoms. The molecule has 0 saturated heterocycles. The lowest BCUT2D eigenvalue weighted by Crippen LogP contribution is -2.11. The lowest BCUT2D eigenvalue weighted by molar-refractivity contribution is -0.114. The number of allylic oxidation sites excluding steroid dienone is 3. The molecule has 0 saturated carbocycles. The first-order valence-electron chi connectivity index (χ1n) is 3.46. The molecule has 0 heterocycles. The lowest BCUT2D eigenvalue weighted by atomic mass is 10.2. The summed E-state index contributed by atoms with van der Waals surface area (Å²) in [5.41, 5.74) is 5.49. The maximum Gasteiger partial charge on any atom is 0.248 e. The third-order valence-corrected chi connectivity index (χ3v) is 2.10. The van der Waals surface area contributed by atoms with Crippen LogP contribution in [0.5, 0.6) is 0 Å². The summed E-state index contributed by atoms with van der Waals surface area (Å²) in [4.78, 5) is 11.8. The van der Waals surface area contributed by atoms with Crippen molar-refractivity contribution in [3.05, 3.63) is 35.3 Å². The first-order chi connectivity index (χ1) is 5.61. The second-order valence-electron chi connectivity index (χ2n) is 2.17. The van der Waals surface area contributed by atoms with Crippen LogP contribution >= 0.6 is 11.8 Å². The molecule has 0 radical (unpaired) electrons. The van der Waals surface area contributed by atoms with E-state index in [0.29, 0.717) is 5.57 Å². The standard InChI is InChI=1S/C9H13NOS/c1-4-8(9(10)11)6-5-7(2)12-3/h4-6H,1H2,2-3H3,(H2,10,11)/b7-5+,8-6+. The van der Waals surface area contributed by atoms with E-state index in [0.717, 1.165) is 4.91 Å². The third-order valence-electron chi connectivity index (χ3n) is 1.32. The van der Waals surface area contributed by atoms with Crippen molar-refractivity contribution in [2.24, 2.45) is 5.73 Å². The molecule has 2 nitrogen and oxygen atoms in total. The average molecular weight is 183 g/mol. The summed E-state index contributed by atoms with van der Waals surface area (Å²) < 4.78 is 0. The van der Waals surface area contributed by atoms with Crippen molar-refractivity contribution in [1.82, 2.24) is 0 Å². The van der Waals surface area contributed by atoms with Gasteiger partial charge in [0, 0.05) is 5.57 Å². The third kappa shape index (κ3) is 4.03. The number of rotatable bonds is 4. The highest BCUT2D eigenvalue weighted by atomic mass is 32.2. The number of amides is 1. The predicted molar refractivity (Wildman–Crippen MR) is 54.7 cm³/mol. The van der Waals surface area contributed by atoms with Gasteiger partial charge in [0.2, 0.25) is 5.91 Å². The Morgan fingerprint density at radius 2 is 2.08 bits per heavy atom. The fraction of sp³-hybridized carbons (Fsp3) is 0.222. The number of nitrogens with two attached hydrogens (primary N) is 1. The van der Waals surface area contributed by atoms with Crippen molar-refractivity contribution < 1.29 is 4.79 Å². The summed E-state index contributed by atoms with van der Waals surface area (Å²) in [5, 5.41) is 0. The zero-order valence-electron chi connectivity index (χ0n) is 7.33. The number of thioether (sulfide) groups is 1. The minimum Gasteiger partial charge on any atom is -0.366 e. The maximum absolute atomic E-state index is 10.7. The van der Waals surface area contributed by atoms with Crippen molar-refractivity contribution in [2.45, 2.75) is 6.92 Å². The van der Waals surface area contributed by atoms with Crippen molar-refractivity contribution >= 4 is 17.7 Å². The van der Waals surface area contributed by atoms with Crippen LogP contribution in [0.4, 0.5) is 0 Å². The van der Waals surface area contributed by atoms with Crippen molar-refractivity contribution in [3.63, 3.8) is 0 Å². The topological polar surface area (TPSA) is 43.1 Å². The summed E-state index contributed by atoms with van der Waals surface area (Å²) in [6.45, 7) is 5.44. The minimum atomic E-state index is -0.449. The molecule has 0 aromatic rings. The van der Waals surface area contributed by atoms with E-state index in [1.54, 1.807) is 17.8 Å². The Morgan fingerprint density at radius 1 is 1.50 bits per heavy atom. The highest BCUT2D eigenvalue weighted by Gasteiger charge is 1.96. The molecule has 0 spiro atoms. The molecule has 0 fully saturated rings. The Hall–Kier alpha value is -0.960. The van der Waals surface area contributed by atoms with E-state index in [9.17, 15) is 4.79 Å². The first kappa shape index (κ1) is 11.0. The van der Waals surface area contributed by atoms with Gasteiger partial charge in [0.15, 0.2) is 0 Å². The van der Waals surface area contributed by atoms with Crippen LogP contribution in [-0.2, 0) is 4.79 Å². The molecule has 1 amide bonds. The Bertz CT molecular complexity index is 241. The number of carbonyl (C=O) groups excluding carboxylic acids is 1. The number of hydrogen-bond acceptors (Lipinski definition) is 2. The number of hydrogen-bond donors (Lipinski definition) is 1. The molecule has 0 aliphatic heterocycles. The van der Waals surface area contributed by atoms with Crippen LogP contribution in [-0.4, -0.2) is 12.2 Å². The number of primary amides is 1. The van der Waals surface area contributed by atoms with Gasteiger partial charge in [-0.05, 0) is 24.2 Å². The number of carbonyl (C=O) groups is 1. The van der Waals surface area contributed by atoms with Crippen molar-refractivity contribution in [2.75, 3.05) is 6.26 Å². The molecule has 0 aromatic heterocycles. The van der Waals surface area contributed by atoms with Crippen LogP contribution in [0.15, 0.2) is 35.3 Å². The second-order valence-corrected chi connectivity index (χ2v) is 3.22. The normalized spacial score (nSPS) is 12.8. The molecule has 66 valence electrons. The van der Waals surface area contributed by atoms with Crippen molar-refractivity contribution in [1.29, 1.82) is 0 Å². The zero-order chi connectivity index (χ0) is 9.56. The van der Waals surface area contributed by atoms with Gasteiger partial charge in [0.25, 0.3) is 0 Å². The first-order valence-corrected chi connectivity index (χ1v) is 4.69. The van der Waals surface area contributed by atoms with Gasteiger partial charge < -0.3 is 5.73 Å². The van der Waals surface area contributed by atoms with Crippen LogP contribution in [0.1, 0.15) is 6.92 Å². The molecule has 0 rings (SSSR count). The SMILES string of the molecule is C=C/C(=C\C=C(/C)SC)C(N)=O. The highest BCUT2D eigenvalue weighted by molar-refractivity contribution is 8.02. The monoisotopic (exact) mass is 183 g/mol. The summed E-state index contributed by atoms with van der Waals surface area (Å²) in [5.74, 6) is -0.449. The van der Waals surface area contributed by atoms with E-state index in [2.05, 4.69) is 6.58 Å². The fourth-order valence-corrected chi connectivity index (χ4v) is 0.730. The van der Waals surface area contributed by atoms with E-state index < -0.39 is 5.91 Å². The summed E-state index contributed by atoms with van der Waals surface area (Å²) in [6, 6.07) is 0. The van der Waals surface area contributed by atoms with E-state index in [4.69, 9.17) is 5.73 Å². The zero-order valence-corrected chi connectivity index (χ0v) is 8.15. The van der Waals surface area contributed by atoms with Crippen LogP contribution in [0.3, 0.4) is 0 Å². The fourth-order valence-electron chi connectivity index (χ4n) is 0.526. The van der Waals surface area contributed by atoms with Crippen LogP contribution in [0.2, 0.25) is 0 Å². The average Bonchev–Trinajstić information content (AvgIpc) is 2.04. The van der Waals surface area contributed by atoms with E-state index in [1.165, 1.54) is 6.08 Å². The van der Waals surface area contributed by atoms with Crippen LogP contribution in [0.25, 0.3) is 0 Å². The quantitative estimate of drug-likeness (QED) is 0.534. The van der Waals surface area contributed by atoms with Crippen molar-refractivity contribution in [3.8, 4) is 0 Å². The van der Waals surface area contributed by atoms with Crippen LogP contribution in [0, 0.1) is 0 Å². The molecule has 0 aromatic carbocycles. The maximum atomic E-state index is 10.7. The molecular weight excluding hydrogens is 170 g/mol. The predicted octanol–water partition coefficient (Wildman–Crippen LogP) is 1.85.